The molecule has 0 saturated carbocycles. The van der Waals surface area contributed by atoms with E-state index < -0.39 is 0 Å². The van der Waals surface area contributed by atoms with Crippen molar-refractivity contribution in [3.63, 3.8) is 0 Å². The number of hydrogen-bond donors (Lipinski definition) is 1. The Morgan fingerprint density at radius 2 is 1.88 bits per heavy atom. The van der Waals surface area contributed by atoms with E-state index in [0.717, 1.165) is 15.9 Å². The summed E-state index contributed by atoms with van der Waals surface area (Å²) in [5.74, 6) is 0.581. The van der Waals surface area contributed by atoms with Crippen LogP contribution in [-0.4, -0.2) is 25.5 Å². The second-order valence-electron chi connectivity index (χ2n) is 7.93. The van der Waals surface area contributed by atoms with Crippen molar-refractivity contribution in [3.05, 3.63) is 99.9 Å². The first-order valence-electron chi connectivity index (χ1n) is 10.6. The lowest BCUT2D eigenvalue weighted by Crippen LogP contribution is -2.10. The Morgan fingerprint density at radius 3 is 2.70 bits per heavy atom. The number of hydrogen-bond acceptors (Lipinski definition) is 4. The average Bonchev–Trinajstić information content (AvgIpc) is 3.52. The smallest absolute Gasteiger partial charge is 0.291 e. The maximum atomic E-state index is 12.7. The zero-order valence-corrected chi connectivity index (χ0v) is 19.8. The molecule has 0 unspecified atom stereocenters. The van der Waals surface area contributed by atoms with Crippen LogP contribution in [0.5, 0.6) is 0 Å². The van der Waals surface area contributed by atoms with Crippen molar-refractivity contribution in [1.29, 1.82) is 0 Å². The molecule has 0 fully saturated rings. The van der Waals surface area contributed by atoms with Gasteiger partial charge in [-0.3, -0.25) is 14.2 Å². The van der Waals surface area contributed by atoms with Gasteiger partial charge in [0.15, 0.2) is 5.76 Å². The minimum absolute atomic E-state index is 0.243. The van der Waals surface area contributed by atoms with E-state index in [4.69, 9.17) is 4.42 Å². The molecule has 33 heavy (non-hydrogen) atoms. The van der Waals surface area contributed by atoms with Crippen molar-refractivity contribution in [2.24, 2.45) is 0 Å². The van der Waals surface area contributed by atoms with Crippen LogP contribution in [0.3, 0.4) is 0 Å². The highest BCUT2D eigenvalue weighted by Crippen LogP contribution is 2.22. The third kappa shape index (κ3) is 4.34. The highest BCUT2D eigenvalue weighted by Gasteiger charge is 2.15. The van der Waals surface area contributed by atoms with Crippen LogP contribution < -0.4 is 5.32 Å². The van der Waals surface area contributed by atoms with Crippen molar-refractivity contribution in [3.8, 4) is 0 Å². The number of furan rings is 1. The van der Waals surface area contributed by atoms with Gasteiger partial charge in [-0.15, -0.1) is 0 Å². The van der Waals surface area contributed by atoms with E-state index >= 15 is 0 Å². The topological polar surface area (TPSA) is 77.9 Å². The molecule has 2 aromatic carbocycles. The van der Waals surface area contributed by atoms with E-state index in [-0.39, 0.29) is 11.7 Å². The zero-order chi connectivity index (χ0) is 22.9. The van der Waals surface area contributed by atoms with Crippen LogP contribution in [0, 0.1) is 13.8 Å². The molecule has 166 valence electrons. The summed E-state index contributed by atoms with van der Waals surface area (Å²) in [6, 6.07) is 18.0. The Labute approximate surface area is 199 Å². The van der Waals surface area contributed by atoms with E-state index in [1.165, 1.54) is 16.3 Å². The van der Waals surface area contributed by atoms with E-state index in [2.05, 4.69) is 55.7 Å². The van der Waals surface area contributed by atoms with Crippen LogP contribution in [-0.2, 0) is 13.1 Å². The molecule has 8 heteroatoms. The minimum Gasteiger partial charge on any atom is -0.454 e. The molecule has 0 atom stereocenters. The Bertz CT molecular complexity index is 1460. The number of carbonyl (C=O) groups is 1. The standard InChI is InChI=1S/C25H22BrN5O2/c1-16-24(26)17(2)31(29-16)15-21-10-11-23(33-21)25(32)28-20-12-27-30(14-20)13-19-8-5-7-18-6-3-4-9-22(18)19/h3-12,14H,13,15H2,1-2H3,(H,28,32). The SMILES string of the molecule is Cc1nn(Cc2ccc(C(=O)Nc3cnn(Cc4cccc5ccccc45)c3)o2)c(C)c1Br. The van der Waals surface area contributed by atoms with Crippen molar-refractivity contribution in [2.45, 2.75) is 26.9 Å². The van der Waals surface area contributed by atoms with Crippen LogP contribution >= 0.6 is 15.9 Å². The second kappa shape index (κ2) is 8.71. The minimum atomic E-state index is -0.319. The van der Waals surface area contributed by atoms with Crippen LogP contribution in [0.4, 0.5) is 5.69 Å². The number of benzene rings is 2. The Kier molecular flexibility index (Phi) is 5.60. The Balaban J connectivity index is 1.26. The largest absolute Gasteiger partial charge is 0.454 e. The number of nitrogens with zero attached hydrogens (tertiary/aromatic N) is 4. The maximum Gasteiger partial charge on any atom is 0.291 e. The highest BCUT2D eigenvalue weighted by molar-refractivity contribution is 9.10. The van der Waals surface area contributed by atoms with Gasteiger partial charge in [-0.05, 0) is 58.2 Å². The summed E-state index contributed by atoms with van der Waals surface area (Å²) < 4.78 is 10.4. The molecule has 0 spiro atoms. The number of nitrogens with one attached hydrogen (secondary N) is 1. The van der Waals surface area contributed by atoms with E-state index in [1.807, 2.05) is 47.6 Å². The van der Waals surface area contributed by atoms with Gasteiger partial charge in [0.25, 0.3) is 5.91 Å². The summed E-state index contributed by atoms with van der Waals surface area (Å²) >= 11 is 3.53. The van der Waals surface area contributed by atoms with E-state index in [0.29, 0.717) is 24.5 Å². The molecule has 1 N–H and O–H groups in total. The molecule has 0 aliphatic heterocycles. The normalized spacial score (nSPS) is 11.2. The van der Waals surface area contributed by atoms with Crippen molar-refractivity contribution in [1.82, 2.24) is 19.6 Å². The fourth-order valence-corrected chi connectivity index (χ4v) is 4.16. The van der Waals surface area contributed by atoms with Crippen LogP contribution in [0.25, 0.3) is 10.8 Å². The lowest BCUT2D eigenvalue weighted by Gasteiger charge is -2.06. The number of carbonyl (C=O) groups excluding carboxylic acids is 1. The molecule has 3 heterocycles. The molecule has 0 saturated heterocycles. The second-order valence-corrected chi connectivity index (χ2v) is 8.72. The molecular formula is C25H22BrN5O2. The molecule has 0 aliphatic carbocycles. The molecule has 5 aromatic rings. The lowest BCUT2D eigenvalue weighted by atomic mass is 10.0. The number of aryl methyl sites for hydroxylation is 1. The van der Waals surface area contributed by atoms with Gasteiger partial charge in [-0.1, -0.05) is 42.5 Å². The van der Waals surface area contributed by atoms with Crippen molar-refractivity contribution < 1.29 is 9.21 Å². The molecule has 0 radical (unpaired) electrons. The summed E-state index contributed by atoms with van der Waals surface area (Å²) in [5.41, 5.74) is 3.70. The number of amides is 1. The first-order chi connectivity index (χ1) is 16.0. The predicted octanol–water partition coefficient (Wildman–Crippen LogP) is 5.55. The fourth-order valence-electron chi connectivity index (χ4n) is 3.87. The molecule has 3 aromatic heterocycles. The van der Waals surface area contributed by atoms with Gasteiger partial charge in [-0.2, -0.15) is 10.2 Å². The third-order valence-electron chi connectivity index (χ3n) is 5.59. The number of fused-ring (bicyclic) bond motifs is 1. The first-order valence-corrected chi connectivity index (χ1v) is 11.4. The zero-order valence-electron chi connectivity index (χ0n) is 18.2. The predicted molar refractivity (Wildman–Crippen MR) is 130 cm³/mol. The van der Waals surface area contributed by atoms with E-state index in [1.54, 1.807) is 18.3 Å². The summed E-state index contributed by atoms with van der Waals surface area (Å²) in [5, 5.41) is 14.1. The molecule has 5 rings (SSSR count). The average molecular weight is 504 g/mol. The van der Waals surface area contributed by atoms with Gasteiger partial charge >= 0.3 is 0 Å². The highest BCUT2D eigenvalue weighted by atomic mass is 79.9. The Hall–Kier alpha value is -3.65. The number of halogens is 1. The number of rotatable bonds is 6. The monoisotopic (exact) mass is 503 g/mol. The van der Waals surface area contributed by atoms with E-state index in [9.17, 15) is 4.79 Å². The van der Waals surface area contributed by atoms with Gasteiger partial charge in [0, 0.05) is 6.20 Å². The van der Waals surface area contributed by atoms with Gasteiger partial charge in [0.05, 0.1) is 40.8 Å². The van der Waals surface area contributed by atoms with Crippen LogP contribution in [0.1, 0.15) is 33.3 Å². The quantitative estimate of drug-likeness (QED) is 0.329. The van der Waals surface area contributed by atoms with Gasteiger partial charge in [0.2, 0.25) is 0 Å². The summed E-state index contributed by atoms with van der Waals surface area (Å²) in [6.07, 6.45) is 3.46. The molecular weight excluding hydrogens is 482 g/mol. The van der Waals surface area contributed by atoms with Gasteiger partial charge < -0.3 is 9.73 Å². The third-order valence-corrected chi connectivity index (χ3v) is 6.74. The first kappa shape index (κ1) is 21.2. The fraction of sp³-hybridized carbons (Fsp3) is 0.160. The molecule has 0 bridgehead atoms. The van der Waals surface area contributed by atoms with Crippen molar-refractivity contribution >= 4 is 38.3 Å². The molecule has 1 amide bonds. The number of anilines is 1. The lowest BCUT2D eigenvalue weighted by molar-refractivity contribution is 0.0994. The summed E-state index contributed by atoms with van der Waals surface area (Å²) in [6.45, 7) is 4.99. The molecule has 0 aliphatic rings. The van der Waals surface area contributed by atoms with Crippen LogP contribution in [0.15, 0.2) is 75.9 Å². The van der Waals surface area contributed by atoms with Crippen molar-refractivity contribution in [2.75, 3.05) is 5.32 Å². The van der Waals surface area contributed by atoms with Crippen LogP contribution in [0.2, 0.25) is 0 Å². The van der Waals surface area contributed by atoms with Gasteiger partial charge in [0.1, 0.15) is 5.76 Å². The summed E-state index contributed by atoms with van der Waals surface area (Å²) in [4.78, 5) is 12.7. The Morgan fingerprint density at radius 1 is 1.06 bits per heavy atom. The maximum absolute atomic E-state index is 12.7. The molecule has 7 nitrogen and oxygen atoms in total. The number of aromatic nitrogens is 4. The van der Waals surface area contributed by atoms with Gasteiger partial charge in [-0.25, -0.2) is 0 Å². The summed E-state index contributed by atoms with van der Waals surface area (Å²) in [7, 11) is 0.